The molecule has 0 radical (unpaired) electrons. The van der Waals surface area contributed by atoms with Gasteiger partial charge in [-0.25, -0.2) is 19.4 Å². The summed E-state index contributed by atoms with van der Waals surface area (Å²) in [6.07, 6.45) is 4.99. The van der Waals surface area contributed by atoms with E-state index in [9.17, 15) is 14.7 Å². The fraction of sp³-hybridized carbons (Fsp3) is 0.265. The number of aromatic nitrogens is 4. The molecule has 1 fully saturated rings. The van der Waals surface area contributed by atoms with Gasteiger partial charge in [0.2, 0.25) is 0 Å². The number of hydrogen-bond donors (Lipinski definition) is 3. The van der Waals surface area contributed by atoms with Gasteiger partial charge >= 0.3 is 6.09 Å². The number of carbonyl (C=O) groups is 2. The first-order valence-corrected chi connectivity index (χ1v) is 15.2. The van der Waals surface area contributed by atoms with E-state index in [0.717, 1.165) is 29.7 Å². The van der Waals surface area contributed by atoms with E-state index in [-0.39, 0.29) is 11.9 Å². The molecule has 1 saturated heterocycles. The topological polar surface area (TPSA) is 144 Å². The van der Waals surface area contributed by atoms with E-state index in [2.05, 4.69) is 27.5 Å². The Hall–Kier alpha value is -5.65. The van der Waals surface area contributed by atoms with Gasteiger partial charge in [-0.3, -0.25) is 4.79 Å². The number of methoxy groups -OCH3 is 1. The highest BCUT2D eigenvalue weighted by Gasteiger charge is 2.28. The molecule has 2 aromatic carbocycles. The fourth-order valence-corrected chi connectivity index (χ4v) is 5.49. The first-order chi connectivity index (χ1) is 22.4. The quantitative estimate of drug-likeness (QED) is 0.161. The predicted octanol–water partition coefficient (Wildman–Crippen LogP) is 6.04. The van der Waals surface area contributed by atoms with Crippen LogP contribution in [0.1, 0.15) is 41.3 Å². The van der Waals surface area contributed by atoms with Crippen molar-refractivity contribution in [3.8, 4) is 17.2 Å². The van der Waals surface area contributed by atoms with Crippen molar-refractivity contribution in [1.29, 1.82) is 0 Å². The van der Waals surface area contributed by atoms with Crippen molar-refractivity contribution in [2.45, 2.75) is 38.8 Å². The van der Waals surface area contributed by atoms with Crippen molar-refractivity contribution in [2.75, 3.05) is 30.8 Å². The number of amides is 2. The van der Waals surface area contributed by atoms with Crippen molar-refractivity contribution in [1.82, 2.24) is 24.6 Å². The highest BCUT2D eigenvalue weighted by atomic mass is 16.5. The van der Waals surface area contributed by atoms with E-state index in [1.54, 1.807) is 54.5 Å². The molecule has 1 unspecified atom stereocenters. The van der Waals surface area contributed by atoms with Gasteiger partial charge in [-0.1, -0.05) is 25.5 Å². The lowest BCUT2D eigenvalue weighted by Gasteiger charge is -2.14. The van der Waals surface area contributed by atoms with Crippen LogP contribution in [0, 0.1) is 0 Å². The normalized spacial score (nSPS) is 14.3. The molecule has 0 aliphatic carbocycles. The monoisotopic (exact) mass is 621 g/mol. The number of aryl methyl sites for hydroxylation is 1. The number of hydrogen-bond acceptors (Lipinski definition) is 8. The van der Waals surface area contributed by atoms with Crippen molar-refractivity contribution in [2.24, 2.45) is 0 Å². The number of benzene rings is 2. The zero-order valence-electron chi connectivity index (χ0n) is 25.6. The molecule has 6 rings (SSSR count). The molecule has 2 amide bonds. The van der Waals surface area contributed by atoms with Gasteiger partial charge in [0, 0.05) is 43.2 Å². The van der Waals surface area contributed by atoms with Crippen LogP contribution < -0.4 is 20.1 Å². The van der Waals surface area contributed by atoms with Crippen molar-refractivity contribution in [3.05, 3.63) is 95.8 Å². The Labute approximate surface area is 266 Å². The largest absolute Gasteiger partial charge is 0.497 e. The molecule has 1 atom stereocenters. The Bertz CT molecular complexity index is 1840. The van der Waals surface area contributed by atoms with E-state index in [0.29, 0.717) is 65.8 Å². The van der Waals surface area contributed by atoms with Gasteiger partial charge in [-0.2, -0.15) is 5.10 Å². The summed E-state index contributed by atoms with van der Waals surface area (Å²) in [5, 5.41) is 21.3. The molecule has 1 aliphatic rings. The minimum Gasteiger partial charge on any atom is -0.497 e. The lowest BCUT2D eigenvalue weighted by atomic mass is 10.1. The van der Waals surface area contributed by atoms with Gasteiger partial charge in [-0.05, 0) is 72.5 Å². The zero-order valence-corrected chi connectivity index (χ0v) is 25.6. The van der Waals surface area contributed by atoms with E-state index in [1.165, 1.54) is 4.90 Å². The van der Waals surface area contributed by atoms with Crippen LogP contribution in [0.5, 0.6) is 17.2 Å². The Balaban J connectivity index is 1.25. The molecule has 3 N–H and O–H groups in total. The molecule has 236 valence electrons. The van der Waals surface area contributed by atoms with Gasteiger partial charge in [-0.15, -0.1) is 0 Å². The number of pyridine rings is 2. The van der Waals surface area contributed by atoms with Crippen LogP contribution in [0.25, 0.3) is 11.0 Å². The molecular formula is C34H35N7O5. The average Bonchev–Trinajstić information content (AvgIpc) is 3.68. The fourth-order valence-electron chi connectivity index (χ4n) is 5.49. The first-order valence-electron chi connectivity index (χ1n) is 15.2. The molecular weight excluding hydrogens is 586 g/mol. The van der Waals surface area contributed by atoms with Crippen molar-refractivity contribution >= 4 is 34.7 Å². The lowest BCUT2D eigenvalue weighted by Crippen LogP contribution is -2.30. The number of rotatable bonds is 11. The number of nitrogens with zero attached hydrogens (tertiary/aromatic N) is 5. The molecule has 46 heavy (non-hydrogen) atoms. The zero-order chi connectivity index (χ0) is 32.0. The van der Waals surface area contributed by atoms with Crippen LogP contribution in [0.3, 0.4) is 0 Å². The molecule has 4 heterocycles. The summed E-state index contributed by atoms with van der Waals surface area (Å²) in [5.41, 5.74) is 3.20. The molecule has 12 heteroatoms. The Morgan fingerprint density at radius 1 is 0.978 bits per heavy atom. The Morgan fingerprint density at radius 3 is 2.46 bits per heavy atom. The molecule has 0 bridgehead atoms. The van der Waals surface area contributed by atoms with Crippen LogP contribution in [0.15, 0.2) is 79.1 Å². The predicted molar refractivity (Wildman–Crippen MR) is 174 cm³/mol. The van der Waals surface area contributed by atoms with Crippen LogP contribution in [-0.4, -0.2) is 68.0 Å². The van der Waals surface area contributed by atoms with Crippen molar-refractivity contribution < 1.29 is 24.2 Å². The second-order valence-electron chi connectivity index (χ2n) is 11.1. The molecule has 0 saturated carbocycles. The third-order valence-electron chi connectivity index (χ3n) is 7.83. The van der Waals surface area contributed by atoms with Crippen LogP contribution in [0.4, 0.5) is 16.4 Å². The van der Waals surface area contributed by atoms with Gasteiger partial charge in [0.1, 0.15) is 28.5 Å². The summed E-state index contributed by atoms with van der Waals surface area (Å²) < 4.78 is 13.4. The van der Waals surface area contributed by atoms with Crippen LogP contribution in [0.2, 0.25) is 0 Å². The summed E-state index contributed by atoms with van der Waals surface area (Å²) in [6, 6.07) is 20.1. The molecule has 3 aromatic heterocycles. The lowest BCUT2D eigenvalue weighted by molar-refractivity contribution is 0.102. The number of likely N-dealkylation sites (tertiary alicyclic amines) is 1. The summed E-state index contributed by atoms with van der Waals surface area (Å²) >= 11 is 0. The van der Waals surface area contributed by atoms with Gasteiger partial charge in [0.05, 0.1) is 13.7 Å². The Morgan fingerprint density at radius 2 is 1.74 bits per heavy atom. The van der Waals surface area contributed by atoms with E-state index in [4.69, 9.17) is 14.6 Å². The highest BCUT2D eigenvalue weighted by Crippen LogP contribution is 2.35. The SMILES string of the molecule is CCCc1ccnc(NC(=O)c2ccc(Oc3ccnc4c3c(NC3CCN(C(=O)O)C3)nn4Cc3ccc(OC)cc3)cc2)c1. The summed E-state index contributed by atoms with van der Waals surface area (Å²) in [4.78, 5) is 34.7. The number of carbonyl (C=O) groups excluding carboxylic acids is 1. The number of fused-ring (bicyclic) bond motifs is 1. The van der Waals surface area contributed by atoms with Crippen LogP contribution >= 0.6 is 0 Å². The molecule has 12 nitrogen and oxygen atoms in total. The average molecular weight is 622 g/mol. The number of carboxylic acid groups (broad SMARTS) is 1. The number of nitrogens with one attached hydrogen (secondary N) is 2. The standard InChI is InChI=1S/C34H35N7O5/c1-3-4-22-13-16-35-29(19-22)38-33(42)24-7-11-27(12-8-24)46-28-14-17-36-32-30(28)31(37-25-15-18-40(21-25)34(43)44)39-41(32)20-23-5-9-26(45-2)10-6-23/h5-14,16-17,19,25H,3-4,15,18,20-21H2,1-2H3,(H,37,39)(H,43,44)(H,35,38,42). The molecule has 5 aromatic rings. The van der Waals surface area contributed by atoms with E-state index in [1.807, 2.05) is 36.4 Å². The summed E-state index contributed by atoms with van der Waals surface area (Å²) in [7, 11) is 1.63. The summed E-state index contributed by atoms with van der Waals surface area (Å²) in [6.45, 7) is 3.35. The van der Waals surface area contributed by atoms with Gasteiger partial charge in [0.25, 0.3) is 5.91 Å². The summed E-state index contributed by atoms with van der Waals surface area (Å²) in [5.74, 6) is 2.61. The Kier molecular flexibility index (Phi) is 8.95. The van der Waals surface area contributed by atoms with Crippen LogP contribution in [-0.2, 0) is 13.0 Å². The number of ether oxygens (including phenoxy) is 2. The second-order valence-corrected chi connectivity index (χ2v) is 11.1. The first kappa shape index (κ1) is 30.4. The van der Waals surface area contributed by atoms with E-state index < -0.39 is 6.09 Å². The van der Waals surface area contributed by atoms with Gasteiger partial charge < -0.3 is 30.1 Å². The third kappa shape index (κ3) is 6.85. The maximum absolute atomic E-state index is 12.9. The smallest absolute Gasteiger partial charge is 0.407 e. The van der Waals surface area contributed by atoms with Crippen molar-refractivity contribution in [3.63, 3.8) is 0 Å². The number of anilines is 2. The molecule has 0 spiro atoms. The maximum Gasteiger partial charge on any atom is 0.407 e. The molecule has 1 aliphatic heterocycles. The minimum absolute atomic E-state index is 0.119. The maximum atomic E-state index is 12.9. The highest BCUT2D eigenvalue weighted by molar-refractivity contribution is 6.03. The second kappa shape index (κ2) is 13.6. The minimum atomic E-state index is -0.941. The third-order valence-corrected chi connectivity index (χ3v) is 7.83. The van der Waals surface area contributed by atoms with Gasteiger partial charge in [0.15, 0.2) is 11.5 Å². The van der Waals surface area contributed by atoms with E-state index >= 15 is 0 Å².